The van der Waals surface area contributed by atoms with Crippen molar-refractivity contribution in [3.8, 4) is 23.7 Å². The Morgan fingerprint density at radius 3 is 1.86 bits per heavy atom. The van der Waals surface area contributed by atoms with Gasteiger partial charge in [0.1, 0.15) is 0 Å². The Labute approximate surface area is 427 Å². The van der Waals surface area contributed by atoms with Crippen molar-refractivity contribution in [3.05, 3.63) is 221 Å². The predicted octanol–water partition coefficient (Wildman–Crippen LogP) is 19.6. The molecule has 10 rings (SSSR count). The van der Waals surface area contributed by atoms with Crippen molar-refractivity contribution < 1.29 is 0 Å². The molecule has 2 aliphatic rings. The smallest absolute Gasteiger partial charge is 0.0632 e. The van der Waals surface area contributed by atoms with Gasteiger partial charge >= 0.3 is 0 Å². The van der Waals surface area contributed by atoms with E-state index in [2.05, 4.69) is 231 Å². The number of hydrogen-bond acceptors (Lipinski definition) is 1. The molecule has 1 atom stereocenters. The number of hydrogen-bond donors (Lipinski definition) is 1. The largest absolute Gasteiger partial charge is 0.356 e. The second-order valence-corrected chi connectivity index (χ2v) is 18.5. The monoisotopic (exact) mass is 936 g/mol. The lowest BCUT2D eigenvalue weighted by atomic mass is 9.95. The molecule has 0 saturated carbocycles. The third-order valence-corrected chi connectivity index (χ3v) is 12.8. The van der Waals surface area contributed by atoms with Crippen LogP contribution in [0.4, 0.5) is 11.4 Å². The van der Waals surface area contributed by atoms with E-state index in [0.29, 0.717) is 0 Å². The van der Waals surface area contributed by atoms with Crippen LogP contribution in [0.3, 0.4) is 0 Å². The topological polar surface area (TPSA) is 21.9 Å². The summed E-state index contributed by atoms with van der Waals surface area (Å²) in [6.07, 6.45) is 33.3. The molecular formula is C68H77N3. The number of allylic oxidation sites excluding steroid dienone is 5. The van der Waals surface area contributed by atoms with Gasteiger partial charge in [-0.2, -0.15) is 0 Å². The van der Waals surface area contributed by atoms with Gasteiger partial charge < -0.3 is 14.5 Å². The number of aromatic nitrogens is 2. The highest BCUT2D eigenvalue weighted by atomic mass is 15.0. The van der Waals surface area contributed by atoms with Gasteiger partial charge in [-0.05, 0) is 135 Å². The zero-order valence-electron chi connectivity index (χ0n) is 43.8. The summed E-state index contributed by atoms with van der Waals surface area (Å²) in [6, 6.07) is 53.3. The number of terminal acetylenes is 1. The van der Waals surface area contributed by atoms with Crippen molar-refractivity contribution in [2.45, 2.75) is 113 Å². The van der Waals surface area contributed by atoms with Gasteiger partial charge in [-0.1, -0.05) is 206 Å². The zero-order valence-corrected chi connectivity index (χ0v) is 43.8. The number of fused-ring (bicyclic) bond motifs is 6. The maximum Gasteiger partial charge on any atom is 0.0632 e. The molecule has 0 amide bonds. The molecule has 2 aliphatic carbocycles. The van der Waals surface area contributed by atoms with Crippen LogP contribution in [0.25, 0.3) is 51.4 Å². The zero-order chi connectivity index (χ0) is 50.4. The summed E-state index contributed by atoms with van der Waals surface area (Å²) in [5, 5.41) is 6.17. The first-order valence-electron chi connectivity index (χ1n) is 26.2. The Morgan fingerprint density at radius 1 is 0.620 bits per heavy atom. The van der Waals surface area contributed by atoms with Gasteiger partial charge in [-0.25, -0.2) is 0 Å². The molecule has 2 aromatic heterocycles. The molecule has 364 valence electrons. The Bertz CT molecular complexity index is 3030. The van der Waals surface area contributed by atoms with E-state index < -0.39 is 0 Å². The second-order valence-electron chi connectivity index (χ2n) is 18.5. The summed E-state index contributed by atoms with van der Waals surface area (Å²) in [5.74, 6) is 3.79. The molecule has 1 unspecified atom stereocenters. The Kier molecular flexibility index (Phi) is 20.8. The SMILES string of the molecule is C#CC(/C=C\C)c1ccccc1C.C1=Cc2c(c3ccccc3n2-c2ccccc2)CC1.CC.CCCCCCC(C)C.Cc1ccc(Nc2ccc(-n3c4c(c5ccccc53)C=CCC=C4)cc2)cc1. The number of nitrogens with zero attached hydrogens (tertiary/aromatic N) is 2. The number of benzene rings is 6. The second kappa shape index (κ2) is 27.8. The van der Waals surface area contributed by atoms with Gasteiger partial charge in [0.25, 0.3) is 0 Å². The van der Waals surface area contributed by atoms with Gasteiger partial charge in [-0.3, -0.25) is 0 Å². The lowest BCUT2D eigenvalue weighted by Gasteiger charge is -2.11. The van der Waals surface area contributed by atoms with Crippen molar-refractivity contribution in [1.29, 1.82) is 0 Å². The molecule has 3 heteroatoms. The highest BCUT2D eigenvalue weighted by Gasteiger charge is 2.18. The van der Waals surface area contributed by atoms with E-state index in [4.69, 9.17) is 6.42 Å². The molecule has 6 aromatic carbocycles. The summed E-state index contributed by atoms with van der Waals surface area (Å²) >= 11 is 0. The van der Waals surface area contributed by atoms with Crippen LogP contribution in [-0.2, 0) is 6.42 Å². The first-order chi connectivity index (χ1) is 34.8. The summed E-state index contributed by atoms with van der Waals surface area (Å²) in [4.78, 5) is 0. The minimum atomic E-state index is 0.117. The first kappa shape index (κ1) is 53.1. The Hall–Kier alpha value is -7.28. The van der Waals surface area contributed by atoms with Crippen molar-refractivity contribution >= 4 is 51.4 Å². The van der Waals surface area contributed by atoms with E-state index >= 15 is 0 Å². The van der Waals surface area contributed by atoms with Gasteiger partial charge in [0.2, 0.25) is 0 Å². The molecule has 0 saturated heterocycles. The fraction of sp³-hybridized carbons (Fsp3) is 0.265. The number of unbranched alkanes of at least 4 members (excludes halogenated alkanes) is 3. The number of rotatable bonds is 11. The molecule has 1 N–H and O–H groups in total. The minimum absolute atomic E-state index is 0.117. The van der Waals surface area contributed by atoms with E-state index in [1.165, 1.54) is 104 Å². The van der Waals surface area contributed by atoms with E-state index in [9.17, 15) is 0 Å². The standard InChI is InChI=1S/C26H22N2.C18H15N.C13H14.C9H20.C2H6/c1-19-11-13-20(14-12-19)27-21-15-17-22(18-16-21)28-25-9-4-2-3-7-23(25)24-8-5-6-10-26(24)28;1-2-8-14(9-3-1)19-17-12-6-4-10-15(17)16-11-5-7-13-18(16)19;1-4-8-12(5-2)13-10-7-6-9-11(13)3;1-4-5-6-7-8-9(2)3;1-2/h3-18,27H,2H2,1H3;1-4,6-10,12-13H,5,11H2;2,4,6-10,12H,1,3H3;9H,4-8H2,1-3H3;1-2H3/b;;8-4-;;. The summed E-state index contributed by atoms with van der Waals surface area (Å²) < 4.78 is 4.73. The van der Waals surface area contributed by atoms with E-state index in [-0.39, 0.29) is 5.92 Å². The Morgan fingerprint density at radius 2 is 1.20 bits per heavy atom. The lowest BCUT2D eigenvalue weighted by Crippen LogP contribution is -1.99. The van der Waals surface area contributed by atoms with Gasteiger partial charge in [-0.15, -0.1) is 6.42 Å². The number of aryl methyl sites for hydroxylation is 3. The fourth-order valence-corrected chi connectivity index (χ4v) is 9.24. The summed E-state index contributed by atoms with van der Waals surface area (Å²) in [5.41, 5.74) is 16.3. The van der Waals surface area contributed by atoms with Crippen LogP contribution < -0.4 is 5.32 Å². The van der Waals surface area contributed by atoms with Crippen LogP contribution in [0.1, 0.15) is 132 Å². The van der Waals surface area contributed by atoms with Crippen molar-refractivity contribution in [2.75, 3.05) is 5.32 Å². The van der Waals surface area contributed by atoms with E-state index in [1.54, 1.807) is 0 Å². The summed E-state index contributed by atoms with van der Waals surface area (Å²) in [7, 11) is 0. The highest BCUT2D eigenvalue weighted by molar-refractivity contribution is 5.96. The average Bonchev–Trinajstić information content (AvgIpc) is 3.79. The van der Waals surface area contributed by atoms with E-state index in [1.807, 2.05) is 45.1 Å². The number of nitrogens with one attached hydrogen (secondary N) is 1. The van der Waals surface area contributed by atoms with Crippen LogP contribution in [0.15, 0.2) is 182 Å². The third kappa shape index (κ3) is 14.2. The molecule has 0 spiro atoms. The molecule has 71 heavy (non-hydrogen) atoms. The van der Waals surface area contributed by atoms with Crippen LogP contribution in [0, 0.1) is 32.1 Å². The number of para-hydroxylation sites is 3. The van der Waals surface area contributed by atoms with Crippen molar-refractivity contribution in [1.82, 2.24) is 9.13 Å². The quantitative estimate of drug-likeness (QED) is 0.0779. The molecule has 0 fully saturated rings. The molecular weight excluding hydrogens is 859 g/mol. The number of anilines is 2. The van der Waals surface area contributed by atoms with Crippen LogP contribution >= 0.6 is 0 Å². The molecule has 0 bridgehead atoms. The molecule has 8 aromatic rings. The summed E-state index contributed by atoms with van der Waals surface area (Å²) in [6.45, 7) is 17.0. The average molecular weight is 936 g/mol. The molecule has 2 heterocycles. The van der Waals surface area contributed by atoms with Crippen molar-refractivity contribution in [2.24, 2.45) is 5.92 Å². The van der Waals surface area contributed by atoms with Gasteiger partial charge in [0, 0.05) is 44.8 Å². The predicted molar refractivity (Wildman–Crippen MR) is 314 cm³/mol. The van der Waals surface area contributed by atoms with Gasteiger partial charge in [0.15, 0.2) is 0 Å². The van der Waals surface area contributed by atoms with Crippen LogP contribution in [0.5, 0.6) is 0 Å². The maximum absolute atomic E-state index is 5.46. The van der Waals surface area contributed by atoms with Crippen LogP contribution in [0.2, 0.25) is 0 Å². The lowest BCUT2D eigenvalue weighted by molar-refractivity contribution is 0.525. The van der Waals surface area contributed by atoms with Gasteiger partial charge in [0.05, 0.1) is 22.6 Å². The normalized spacial score (nSPS) is 12.5. The highest BCUT2D eigenvalue weighted by Crippen LogP contribution is 2.35. The minimum Gasteiger partial charge on any atom is -0.356 e. The first-order valence-corrected chi connectivity index (χ1v) is 26.2. The van der Waals surface area contributed by atoms with E-state index in [0.717, 1.165) is 36.6 Å². The Balaban J connectivity index is 0.000000167. The molecule has 0 aliphatic heterocycles. The maximum atomic E-state index is 5.46. The fourth-order valence-electron chi connectivity index (χ4n) is 9.24. The van der Waals surface area contributed by atoms with Crippen LogP contribution in [-0.4, -0.2) is 9.13 Å². The van der Waals surface area contributed by atoms with Crippen molar-refractivity contribution in [3.63, 3.8) is 0 Å². The third-order valence-electron chi connectivity index (χ3n) is 12.8. The molecule has 3 nitrogen and oxygen atoms in total. The molecule has 0 radical (unpaired) electrons.